The van der Waals surface area contributed by atoms with Crippen LogP contribution in [0.1, 0.15) is 60.8 Å². The van der Waals surface area contributed by atoms with Gasteiger partial charge < -0.3 is 15.3 Å². The molecule has 0 unspecified atom stereocenters. The van der Waals surface area contributed by atoms with Crippen LogP contribution in [0.25, 0.3) is 0 Å². The van der Waals surface area contributed by atoms with Crippen LogP contribution < -0.4 is 10.2 Å². The molecular formula is C21H28O5Pb. The molecule has 2 radical (unpaired) electrons. The molecule has 0 spiro atoms. The van der Waals surface area contributed by atoms with E-state index in [9.17, 15) is 24.9 Å². The third-order valence-electron chi connectivity index (χ3n) is 4.36. The van der Waals surface area contributed by atoms with Gasteiger partial charge in [-0.1, -0.05) is 42.9 Å². The van der Waals surface area contributed by atoms with Crippen LogP contribution >= 0.6 is 0 Å². The monoisotopic (exact) mass is 568 g/mol. The van der Waals surface area contributed by atoms with E-state index in [0.29, 0.717) is 0 Å². The number of rotatable bonds is 7. The normalized spacial score (nSPS) is 19.8. The minimum Gasteiger partial charge on any atom is -0.872 e. The van der Waals surface area contributed by atoms with Gasteiger partial charge in [-0.25, -0.2) is 0 Å². The predicted octanol–water partition coefficient (Wildman–Crippen LogP) is 2.04. The molecule has 0 amide bonds. The number of Topliss-reactive ketones (excluding diaryl/α,β-unsaturated/α-hetero) is 2. The Hall–Kier alpha value is -1.22. The number of hydrogen-bond acceptors (Lipinski definition) is 5. The molecule has 1 atom stereocenters. The van der Waals surface area contributed by atoms with Crippen LogP contribution in [0, 0.1) is 5.92 Å². The second-order valence-corrected chi connectivity index (χ2v) is 7.56. The van der Waals surface area contributed by atoms with E-state index < -0.39 is 22.9 Å². The van der Waals surface area contributed by atoms with Crippen molar-refractivity contribution in [3.05, 3.63) is 46.0 Å². The molecule has 27 heavy (non-hydrogen) atoms. The average Bonchev–Trinajstić information content (AvgIpc) is 2.54. The number of aliphatic hydroxyl groups is 1. The Morgan fingerprint density at radius 2 is 1.63 bits per heavy atom. The van der Waals surface area contributed by atoms with Gasteiger partial charge in [0.25, 0.3) is 0 Å². The number of ketones is 2. The molecule has 0 saturated carbocycles. The van der Waals surface area contributed by atoms with Crippen LogP contribution in [0.2, 0.25) is 0 Å². The smallest absolute Gasteiger partial charge is 0.872 e. The Bertz CT molecular complexity index is 717. The van der Waals surface area contributed by atoms with Crippen molar-refractivity contribution in [2.24, 2.45) is 5.92 Å². The third kappa shape index (κ3) is 6.14. The van der Waals surface area contributed by atoms with Crippen molar-refractivity contribution in [3.8, 4) is 0 Å². The molecule has 0 bridgehead atoms. The number of hydrogen-bond donors (Lipinski definition) is 1. The van der Waals surface area contributed by atoms with Crippen LogP contribution in [0.3, 0.4) is 0 Å². The minimum atomic E-state index is -2.46. The van der Waals surface area contributed by atoms with Gasteiger partial charge in [-0.2, -0.15) is 0 Å². The molecule has 1 rings (SSSR count). The van der Waals surface area contributed by atoms with Gasteiger partial charge in [0, 0.05) is 17.9 Å². The van der Waals surface area contributed by atoms with Crippen LogP contribution in [-0.4, -0.2) is 49.6 Å². The van der Waals surface area contributed by atoms with Crippen molar-refractivity contribution >= 4 is 38.9 Å². The van der Waals surface area contributed by atoms with Crippen molar-refractivity contribution in [1.82, 2.24) is 0 Å². The zero-order valence-electron chi connectivity index (χ0n) is 16.9. The van der Waals surface area contributed by atoms with Crippen LogP contribution in [0.5, 0.6) is 0 Å². The summed E-state index contributed by atoms with van der Waals surface area (Å²) in [5.74, 6) is -3.01. The zero-order chi connectivity index (χ0) is 20.2. The number of carbonyl (C=O) groups is 2. The fraction of sp³-hybridized carbons (Fsp3) is 0.524. The molecule has 1 aliphatic rings. The molecule has 0 saturated heterocycles. The molecule has 146 valence electrons. The van der Waals surface area contributed by atoms with E-state index >= 15 is 0 Å². The molecule has 1 aliphatic carbocycles. The molecule has 0 fully saturated rings. The second kappa shape index (κ2) is 10.4. The van der Waals surface area contributed by atoms with E-state index in [1.54, 1.807) is 39.8 Å². The van der Waals surface area contributed by atoms with Gasteiger partial charge in [0.1, 0.15) is 5.78 Å². The maximum Gasteiger partial charge on any atom is 2.00 e. The Balaban J connectivity index is 0.00000676. The maximum atomic E-state index is 13.2. The largest absolute Gasteiger partial charge is 2.00 e. The van der Waals surface area contributed by atoms with Crippen LogP contribution in [-0.2, 0) is 9.59 Å². The van der Waals surface area contributed by atoms with Gasteiger partial charge in [0.05, 0.1) is 5.76 Å². The summed E-state index contributed by atoms with van der Waals surface area (Å²) in [7, 11) is 0. The first kappa shape index (κ1) is 25.8. The quantitative estimate of drug-likeness (QED) is 0.375. The topological polar surface area (TPSA) is 100 Å². The van der Waals surface area contributed by atoms with E-state index in [1.165, 1.54) is 0 Å². The fourth-order valence-corrected chi connectivity index (χ4v) is 2.56. The first-order valence-electron chi connectivity index (χ1n) is 8.79. The molecule has 6 heteroatoms. The fourth-order valence-electron chi connectivity index (χ4n) is 2.56. The first-order chi connectivity index (χ1) is 11.9. The Morgan fingerprint density at radius 1 is 1.11 bits per heavy atom. The summed E-state index contributed by atoms with van der Waals surface area (Å²) in [6, 6.07) is 0. The molecule has 0 aromatic rings. The summed E-state index contributed by atoms with van der Waals surface area (Å²) in [6.07, 6.45) is 2.68. The summed E-state index contributed by atoms with van der Waals surface area (Å²) < 4.78 is 0. The van der Waals surface area contributed by atoms with Crippen LogP contribution in [0.4, 0.5) is 0 Å². The predicted molar refractivity (Wildman–Crippen MR) is 103 cm³/mol. The number of allylic oxidation sites excluding steroid dienone is 4. The third-order valence-corrected chi connectivity index (χ3v) is 4.36. The summed E-state index contributed by atoms with van der Waals surface area (Å²) in [6.45, 7) is 10.6. The Labute approximate surface area is 181 Å². The Morgan fingerprint density at radius 3 is 2.07 bits per heavy atom. The molecule has 0 heterocycles. The van der Waals surface area contributed by atoms with E-state index in [4.69, 9.17) is 0 Å². The van der Waals surface area contributed by atoms with Gasteiger partial charge in [-0.05, 0) is 51.7 Å². The summed E-state index contributed by atoms with van der Waals surface area (Å²) in [4.78, 5) is 24.9. The SMILES string of the molecule is CC(C)=CCC1=C([O-])C(CC(=O)C(C)C)=C(O)[C@@]([O-])(CC=C(C)C)C1=O.[Pb+2]. The molecule has 1 N–H and O–H groups in total. The van der Waals surface area contributed by atoms with Crippen molar-refractivity contribution < 1.29 is 24.9 Å². The zero-order valence-corrected chi connectivity index (χ0v) is 20.8. The van der Waals surface area contributed by atoms with Crippen LogP contribution in [0.15, 0.2) is 46.0 Å². The van der Waals surface area contributed by atoms with Crippen molar-refractivity contribution in [2.75, 3.05) is 0 Å². The van der Waals surface area contributed by atoms with Crippen molar-refractivity contribution in [2.45, 2.75) is 66.4 Å². The molecular weight excluding hydrogens is 539 g/mol. The van der Waals surface area contributed by atoms with Gasteiger partial charge in [-0.3, -0.25) is 9.59 Å². The summed E-state index contributed by atoms with van der Waals surface area (Å²) in [5.41, 5.74) is -1.13. The summed E-state index contributed by atoms with van der Waals surface area (Å²) >= 11 is 0. The maximum absolute atomic E-state index is 13.2. The number of carbonyl (C=O) groups excluding carboxylic acids is 2. The molecule has 0 aliphatic heterocycles. The van der Waals surface area contributed by atoms with E-state index in [-0.39, 0.29) is 69.4 Å². The molecule has 5 nitrogen and oxygen atoms in total. The molecule has 0 aromatic carbocycles. The average molecular weight is 568 g/mol. The summed E-state index contributed by atoms with van der Waals surface area (Å²) in [5, 5.41) is 36.5. The van der Waals surface area contributed by atoms with E-state index in [2.05, 4.69) is 0 Å². The second-order valence-electron chi connectivity index (χ2n) is 7.56. The van der Waals surface area contributed by atoms with Gasteiger partial charge in [0.2, 0.25) is 0 Å². The van der Waals surface area contributed by atoms with Crippen molar-refractivity contribution in [3.63, 3.8) is 0 Å². The standard InChI is InChI=1S/C21H29O5.Pb/c1-12(2)7-8-15-18(23)16(11-17(22)14(5)6)20(25)21(26,19(15)24)10-9-13(3)4;/h7,9,14,23,25H,8,10-11H2,1-6H3;/q-1;+2/p-1/t21-;/m1./s1. The van der Waals surface area contributed by atoms with Gasteiger partial charge >= 0.3 is 27.3 Å². The Kier molecular flexibility index (Phi) is 9.89. The van der Waals surface area contributed by atoms with E-state index in [0.717, 1.165) is 11.1 Å². The van der Waals surface area contributed by atoms with Crippen molar-refractivity contribution in [1.29, 1.82) is 0 Å². The first-order valence-corrected chi connectivity index (χ1v) is 8.79. The molecule has 0 aromatic heterocycles. The van der Waals surface area contributed by atoms with E-state index in [1.807, 2.05) is 13.8 Å². The number of aliphatic hydroxyl groups excluding tert-OH is 1. The van der Waals surface area contributed by atoms with Gasteiger partial charge in [0.15, 0.2) is 5.78 Å². The minimum absolute atomic E-state index is 0. The van der Waals surface area contributed by atoms with Gasteiger partial charge in [-0.15, -0.1) is 0 Å².